The minimum atomic E-state index is 0.850. The number of hydrogen-bond donors (Lipinski definition) is 1. The molecule has 1 N–H and O–H groups in total. The third-order valence-corrected chi connectivity index (χ3v) is 4.86. The quantitative estimate of drug-likeness (QED) is 0.293. The van der Waals surface area contributed by atoms with Gasteiger partial charge in [-0.25, -0.2) is 0 Å². The highest BCUT2D eigenvalue weighted by molar-refractivity contribution is 5.27. The molecule has 0 aliphatic heterocycles. The lowest BCUT2D eigenvalue weighted by atomic mass is 10.1. The number of benzene rings is 1. The molecule has 0 saturated heterocycles. The topological polar surface area (TPSA) is 21.3 Å². The Morgan fingerprint density at radius 1 is 0.769 bits per heavy atom. The van der Waals surface area contributed by atoms with Crippen LogP contribution in [-0.2, 0) is 6.42 Å². The van der Waals surface area contributed by atoms with Crippen LogP contribution in [0.15, 0.2) is 24.3 Å². The maximum Gasteiger partial charge on any atom is 0.119 e. The third kappa shape index (κ3) is 13.2. The van der Waals surface area contributed by atoms with Crippen LogP contribution in [0.25, 0.3) is 0 Å². The Morgan fingerprint density at radius 2 is 1.42 bits per heavy atom. The van der Waals surface area contributed by atoms with Gasteiger partial charge in [0, 0.05) is 0 Å². The molecule has 0 bridgehead atoms. The zero-order valence-corrected chi connectivity index (χ0v) is 17.2. The van der Waals surface area contributed by atoms with Crippen molar-refractivity contribution in [3.63, 3.8) is 0 Å². The second kappa shape index (κ2) is 17.4. The largest absolute Gasteiger partial charge is 0.494 e. The van der Waals surface area contributed by atoms with E-state index < -0.39 is 0 Å². The van der Waals surface area contributed by atoms with Gasteiger partial charge in [0.1, 0.15) is 5.75 Å². The van der Waals surface area contributed by atoms with Crippen LogP contribution in [0.3, 0.4) is 0 Å². The number of hydrogen-bond acceptors (Lipinski definition) is 2. The summed E-state index contributed by atoms with van der Waals surface area (Å²) in [5.41, 5.74) is 1.44. The average Bonchev–Trinajstić information content (AvgIpc) is 2.67. The van der Waals surface area contributed by atoms with Crippen molar-refractivity contribution in [3.05, 3.63) is 36.8 Å². The number of nitrogens with one attached hydrogen (secondary N) is 1. The van der Waals surface area contributed by atoms with E-state index in [9.17, 15) is 0 Å². The smallest absolute Gasteiger partial charge is 0.119 e. The zero-order chi connectivity index (χ0) is 18.7. The normalized spacial score (nSPS) is 11.0. The van der Waals surface area contributed by atoms with E-state index >= 15 is 0 Å². The van der Waals surface area contributed by atoms with Crippen molar-refractivity contribution >= 4 is 0 Å². The van der Waals surface area contributed by atoms with Gasteiger partial charge in [-0.1, -0.05) is 77.3 Å². The number of unbranched alkanes of at least 4 members (excludes halogenated alkanes) is 9. The number of aryl methyl sites for hydroxylation is 1. The van der Waals surface area contributed by atoms with Crippen LogP contribution >= 0.6 is 0 Å². The minimum Gasteiger partial charge on any atom is -0.494 e. The minimum absolute atomic E-state index is 0.850. The first-order valence-corrected chi connectivity index (χ1v) is 11.1. The Kier molecular flexibility index (Phi) is 15.4. The highest BCUT2D eigenvalue weighted by Crippen LogP contribution is 2.15. The summed E-state index contributed by atoms with van der Waals surface area (Å²) in [5, 5.41) is 3.55. The molecule has 1 rings (SSSR count). The molecule has 0 atom stereocenters. The average molecular weight is 361 g/mol. The van der Waals surface area contributed by atoms with Crippen LogP contribution in [0.1, 0.15) is 89.5 Å². The molecule has 1 radical (unpaired) electrons. The van der Waals surface area contributed by atoms with Gasteiger partial charge >= 0.3 is 0 Å². The van der Waals surface area contributed by atoms with E-state index in [1.807, 2.05) is 0 Å². The van der Waals surface area contributed by atoms with E-state index in [4.69, 9.17) is 4.74 Å². The van der Waals surface area contributed by atoms with Crippen molar-refractivity contribution < 1.29 is 4.74 Å². The highest BCUT2D eigenvalue weighted by Gasteiger charge is 1.97. The van der Waals surface area contributed by atoms with E-state index in [-0.39, 0.29) is 0 Å². The molecule has 26 heavy (non-hydrogen) atoms. The van der Waals surface area contributed by atoms with Gasteiger partial charge in [0.05, 0.1) is 6.61 Å². The first kappa shape index (κ1) is 23.0. The maximum atomic E-state index is 5.81. The lowest BCUT2D eigenvalue weighted by Gasteiger charge is -2.07. The van der Waals surface area contributed by atoms with Crippen LogP contribution in [-0.4, -0.2) is 19.7 Å². The van der Waals surface area contributed by atoms with Crippen molar-refractivity contribution in [1.29, 1.82) is 0 Å². The molecule has 1 aromatic rings. The molecule has 1 aromatic carbocycles. The summed E-state index contributed by atoms with van der Waals surface area (Å²) < 4.78 is 5.81. The van der Waals surface area contributed by atoms with Crippen molar-refractivity contribution in [2.24, 2.45) is 0 Å². The van der Waals surface area contributed by atoms with Gasteiger partial charge in [0.25, 0.3) is 0 Å². The number of rotatable bonds is 18. The van der Waals surface area contributed by atoms with Gasteiger partial charge < -0.3 is 10.1 Å². The molecule has 0 aliphatic carbocycles. The predicted molar refractivity (Wildman–Crippen MR) is 115 cm³/mol. The predicted octanol–water partition coefficient (Wildman–Crippen LogP) is 6.73. The van der Waals surface area contributed by atoms with Gasteiger partial charge in [-0.05, 0) is 62.9 Å². The fourth-order valence-corrected chi connectivity index (χ4v) is 3.13. The molecule has 0 fully saturated rings. The number of ether oxygens (including phenoxy) is 1. The lowest BCUT2D eigenvalue weighted by Crippen LogP contribution is -2.16. The van der Waals surface area contributed by atoms with Crippen molar-refractivity contribution in [3.8, 4) is 5.75 Å². The Bertz CT molecular complexity index is 401. The fraction of sp³-hybridized carbons (Fsp3) is 0.708. The Labute approximate surface area is 163 Å². The summed E-state index contributed by atoms with van der Waals surface area (Å²) >= 11 is 0. The van der Waals surface area contributed by atoms with Gasteiger partial charge in [-0.3, -0.25) is 0 Å². The maximum absolute atomic E-state index is 5.81. The summed E-state index contributed by atoms with van der Waals surface area (Å²) in [6, 6.07) is 8.73. The van der Waals surface area contributed by atoms with Gasteiger partial charge in [0.15, 0.2) is 0 Å². The molecule has 2 nitrogen and oxygen atoms in total. The Balaban J connectivity index is 1.94. The highest BCUT2D eigenvalue weighted by atomic mass is 16.5. The monoisotopic (exact) mass is 360 g/mol. The van der Waals surface area contributed by atoms with Crippen molar-refractivity contribution in [2.45, 2.75) is 90.4 Å². The summed E-state index contributed by atoms with van der Waals surface area (Å²) in [7, 11) is 0. The third-order valence-electron chi connectivity index (χ3n) is 4.86. The molecule has 0 heterocycles. The first-order chi connectivity index (χ1) is 12.9. The Morgan fingerprint density at radius 3 is 2.12 bits per heavy atom. The molecule has 0 saturated carbocycles. The fourth-order valence-electron chi connectivity index (χ4n) is 3.13. The summed E-state index contributed by atoms with van der Waals surface area (Å²) in [6.07, 6.45) is 16.5. The SMILES string of the molecule is [CH2]CCCCCNCCCCCCc1ccc(OCCCCCC)cc1. The van der Waals surface area contributed by atoms with E-state index in [1.165, 1.54) is 95.7 Å². The van der Waals surface area contributed by atoms with Crippen LogP contribution in [0.5, 0.6) is 5.75 Å². The van der Waals surface area contributed by atoms with Crippen molar-refractivity contribution in [1.82, 2.24) is 5.32 Å². The Hall–Kier alpha value is -1.02. The second-order valence-corrected chi connectivity index (χ2v) is 7.38. The molecule has 0 spiro atoms. The molecule has 149 valence electrons. The second-order valence-electron chi connectivity index (χ2n) is 7.38. The molecular weight excluding hydrogens is 318 g/mol. The lowest BCUT2D eigenvalue weighted by molar-refractivity contribution is 0.305. The van der Waals surface area contributed by atoms with Gasteiger partial charge in [0.2, 0.25) is 0 Å². The molecule has 0 aliphatic rings. The van der Waals surface area contributed by atoms with Gasteiger partial charge in [-0.15, -0.1) is 0 Å². The summed E-state index contributed by atoms with van der Waals surface area (Å²) in [4.78, 5) is 0. The molecule has 0 unspecified atom stereocenters. The van der Waals surface area contributed by atoms with Gasteiger partial charge in [-0.2, -0.15) is 0 Å². The van der Waals surface area contributed by atoms with Crippen molar-refractivity contribution in [2.75, 3.05) is 19.7 Å². The molecule has 0 amide bonds. The molecular formula is C24H42NO. The van der Waals surface area contributed by atoms with E-state index in [0.29, 0.717) is 0 Å². The van der Waals surface area contributed by atoms with Crippen LogP contribution in [0.4, 0.5) is 0 Å². The zero-order valence-electron chi connectivity index (χ0n) is 17.2. The standard InChI is InChI=1S/C24H42NO/c1-3-5-7-12-20-25-21-13-10-9-11-15-23-16-18-24(19-17-23)26-22-14-8-6-4-2/h16-19,25H,1,3-15,20-22H2,2H3. The van der Waals surface area contributed by atoms with Crippen LogP contribution in [0, 0.1) is 6.92 Å². The van der Waals surface area contributed by atoms with Crippen LogP contribution < -0.4 is 10.1 Å². The molecule has 0 aromatic heterocycles. The summed E-state index contributed by atoms with van der Waals surface area (Å²) in [5.74, 6) is 1.02. The van der Waals surface area contributed by atoms with E-state index in [1.54, 1.807) is 0 Å². The van der Waals surface area contributed by atoms with E-state index in [0.717, 1.165) is 18.8 Å². The van der Waals surface area contributed by atoms with E-state index in [2.05, 4.69) is 43.4 Å². The van der Waals surface area contributed by atoms with Crippen LogP contribution in [0.2, 0.25) is 0 Å². The summed E-state index contributed by atoms with van der Waals surface area (Å²) in [6.45, 7) is 9.32. The molecule has 2 heteroatoms. The first-order valence-electron chi connectivity index (χ1n) is 11.1.